The molecule has 0 aliphatic rings. The van der Waals surface area contributed by atoms with Crippen molar-refractivity contribution in [2.45, 2.75) is 70.9 Å². The summed E-state index contributed by atoms with van der Waals surface area (Å²) in [4.78, 5) is 26.0. The number of benzene rings is 3. The molecule has 0 bridgehead atoms. The molecule has 3 aromatic carbocycles. The summed E-state index contributed by atoms with van der Waals surface area (Å²) in [5, 5.41) is 14.2. The fraction of sp³-hybridized carbons (Fsp3) is 0.412. The van der Waals surface area contributed by atoms with Gasteiger partial charge in [0.2, 0.25) is 0 Å². The van der Waals surface area contributed by atoms with Gasteiger partial charge in [-0.1, -0.05) is 112 Å². The smallest absolute Gasteiger partial charge is 0.407 e. The zero-order valence-electron chi connectivity index (χ0n) is 25.8. The first kappa shape index (κ1) is 34.0. The molecular weight excluding hydrogens is 562 g/mol. The van der Waals surface area contributed by atoms with Crippen LogP contribution in [0.2, 0.25) is 18.1 Å². The Morgan fingerprint density at radius 1 is 0.767 bits per heavy atom. The second kappa shape index (κ2) is 16.4. The number of carbonyl (C=O) groups excluding carboxylic acids is 2. The topological polar surface area (TPSA) is 103 Å². The molecule has 0 saturated carbocycles. The number of hydrogen-bond donors (Lipinski definition) is 2. The molecule has 0 aliphatic heterocycles. The van der Waals surface area contributed by atoms with Crippen LogP contribution in [0.25, 0.3) is 0 Å². The maximum atomic E-state index is 13.4. The van der Waals surface area contributed by atoms with Crippen LogP contribution >= 0.6 is 0 Å². The van der Waals surface area contributed by atoms with Crippen LogP contribution in [-0.4, -0.2) is 50.8 Å². The third kappa shape index (κ3) is 11.3. The van der Waals surface area contributed by atoms with Gasteiger partial charge in [-0.15, -0.1) is 0 Å². The second-order valence-electron chi connectivity index (χ2n) is 12.0. The highest BCUT2D eigenvalue weighted by atomic mass is 28.4. The van der Waals surface area contributed by atoms with E-state index < -0.39 is 38.5 Å². The molecule has 0 fully saturated rings. The number of rotatable bonds is 15. The quantitative estimate of drug-likeness (QED) is 0.156. The second-order valence-corrected chi connectivity index (χ2v) is 16.8. The van der Waals surface area contributed by atoms with Gasteiger partial charge < -0.3 is 29.1 Å². The molecule has 3 rings (SSSR count). The molecule has 0 spiro atoms. The first-order chi connectivity index (χ1) is 20.5. The molecule has 0 aliphatic carbocycles. The Balaban J connectivity index is 1.76. The van der Waals surface area contributed by atoms with Gasteiger partial charge in [0.15, 0.2) is 8.32 Å². The van der Waals surface area contributed by atoms with Crippen LogP contribution in [0.1, 0.15) is 37.5 Å². The monoisotopic (exact) mass is 607 g/mol. The fourth-order valence-corrected chi connectivity index (χ4v) is 4.95. The van der Waals surface area contributed by atoms with Crippen LogP contribution < -0.4 is 5.32 Å². The third-order valence-electron chi connectivity index (χ3n) is 7.72. The minimum Gasteiger partial charge on any atom is -0.460 e. The van der Waals surface area contributed by atoms with E-state index >= 15 is 0 Å². The van der Waals surface area contributed by atoms with Gasteiger partial charge in [0.25, 0.3) is 0 Å². The van der Waals surface area contributed by atoms with Gasteiger partial charge in [-0.3, -0.25) is 4.79 Å². The lowest BCUT2D eigenvalue weighted by Gasteiger charge is -2.38. The summed E-state index contributed by atoms with van der Waals surface area (Å²) in [5.41, 5.74) is 2.55. The lowest BCUT2D eigenvalue weighted by molar-refractivity contribution is -0.160. The van der Waals surface area contributed by atoms with Gasteiger partial charge in [-0.2, -0.15) is 0 Å². The van der Waals surface area contributed by atoms with Crippen molar-refractivity contribution in [3.8, 4) is 0 Å². The number of hydrogen-bond acceptors (Lipinski definition) is 7. The highest BCUT2D eigenvalue weighted by Gasteiger charge is 2.40. The van der Waals surface area contributed by atoms with E-state index in [1.165, 1.54) is 0 Å². The van der Waals surface area contributed by atoms with Crippen molar-refractivity contribution < 1.29 is 33.3 Å². The summed E-state index contributed by atoms with van der Waals surface area (Å²) in [7, 11) is -2.22. The van der Waals surface area contributed by atoms with Gasteiger partial charge >= 0.3 is 12.1 Å². The molecule has 3 aromatic rings. The molecule has 0 heterocycles. The Morgan fingerprint density at radius 3 is 1.72 bits per heavy atom. The van der Waals surface area contributed by atoms with Crippen molar-refractivity contribution in [3.05, 3.63) is 108 Å². The van der Waals surface area contributed by atoms with Gasteiger partial charge in [-0.25, -0.2) is 4.79 Å². The fourth-order valence-electron chi connectivity index (χ4n) is 3.94. The zero-order valence-corrected chi connectivity index (χ0v) is 26.8. The molecule has 8 nitrogen and oxygen atoms in total. The largest absolute Gasteiger partial charge is 0.460 e. The summed E-state index contributed by atoms with van der Waals surface area (Å²) >= 11 is 0. The summed E-state index contributed by atoms with van der Waals surface area (Å²) < 4.78 is 23.6. The van der Waals surface area contributed by atoms with Crippen molar-refractivity contribution in [2.75, 3.05) is 13.2 Å². The van der Waals surface area contributed by atoms with Crippen LogP contribution in [0, 0.1) is 5.92 Å². The number of aliphatic hydroxyl groups is 1. The van der Waals surface area contributed by atoms with E-state index in [9.17, 15) is 14.7 Å². The number of esters is 1. The van der Waals surface area contributed by atoms with Crippen LogP contribution in [0.3, 0.4) is 0 Å². The van der Waals surface area contributed by atoms with Crippen molar-refractivity contribution in [1.29, 1.82) is 0 Å². The van der Waals surface area contributed by atoms with Gasteiger partial charge in [0, 0.05) is 6.54 Å². The summed E-state index contributed by atoms with van der Waals surface area (Å²) in [6.45, 7) is 10.8. The normalized spacial score (nSPS) is 13.9. The third-order valence-corrected chi connectivity index (χ3v) is 12.2. The lowest BCUT2D eigenvalue weighted by atomic mass is 9.97. The highest BCUT2D eigenvalue weighted by Crippen LogP contribution is 2.37. The average molecular weight is 608 g/mol. The Hall–Kier alpha value is -3.50. The molecule has 2 N–H and O–H groups in total. The van der Waals surface area contributed by atoms with Gasteiger partial charge in [0.05, 0.1) is 19.3 Å². The molecule has 43 heavy (non-hydrogen) atoms. The molecule has 0 aromatic heterocycles. The molecule has 9 heteroatoms. The first-order valence-corrected chi connectivity index (χ1v) is 17.5. The van der Waals surface area contributed by atoms with Crippen molar-refractivity contribution >= 4 is 20.4 Å². The minimum atomic E-state index is -2.22. The number of aliphatic hydroxyl groups excluding tert-OH is 1. The lowest BCUT2D eigenvalue weighted by Crippen LogP contribution is -2.50. The number of carbonyl (C=O) groups is 2. The van der Waals surface area contributed by atoms with Crippen LogP contribution in [-0.2, 0) is 43.3 Å². The van der Waals surface area contributed by atoms with E-state index in [4.69, 9.17) is 18.6 Å². The van der Waals surface area contributed by atoms with Gasteiger partial charge in [-0.05, 0) is 34.8 Å². The van der Waals surface area contributed by atoms with E-state index in [0.717, 1.165) is 16.7 Å². The minimum absolute atomic E-state index is 0.0252. The molecule has 0 saturated heterocycles. The highest BCUT2D eigenvalue weighted by molar-refractivity contribution is 6.74. The van der Waals surface area contributed by atoms with E-state index in [-0.39, 0.29) is 38.0 Å². The molecular formula is C34H45NO7Si. The zero-order chi connectivity index (χ0) is 31.3. The maximum absolute atomic E-state index is 13.4. The standard InChI is InChI=1S/C34H45NO7Si/c1-34(2,3)43(4,5)42-25-30(39-22-26-15-9-6-10-16-26)31(36)29(32(37)40-23-27-17-11-7-12-18-27)21-35-33(38)41-24-28-19-13-8-14-20-28/h6-20,29-31,36H,21-25H2,1-5H3,(H,35,38)/t29-,30+,31+/m0/s1. The Labute approximate surface area is 256 Å². The summed E-state index contributed by atoms with van der Waals surface area (Å²) in [6, 6.07) is 28.1. The Bertz CT molecular complexity index is 1250. The molecule has 232 valence electrons. The SMILES string of the molecule is CC(C)(C)[Si](C)(C)OC[C@@H](OCc1ccccc1)[C@H](O)[C@H](CNC(=O)OCc1ccccc1)C(=O)OCc1ccccc1. The predicted molar refractivity (Wildman–Crippen MR) is 169 cm³/mol. The number of alkyl carbamates (subject to hydrolysis) is 1. The van der Waals surface area contributed by atoms with E-state index in [0.29, 0.717) is 0 Å². The van der Waals surface area contributed by atoms with E-state index in [2.05, 4.69) is 39.2 Å². The van der Waals surface area contributed by atoms with Gasteiger partial charge in [0.1, 0.15) is 25.2 Å². The number of ether oxygens (including phenoxy) is 3. The molecule has 1 amide bonds. The summed E-state index contributed by atoms with van der Waals surface area (Å²) in [6.07, 6.45) is -2.92. The van der Waals surface area contributed by atoms with E-state index in [1.54, 1.807) is 0 Å². The first-order valence-electron chi connectivity index (χ1n) is 14.6. The predicted octanol–water partition coefficient (Wildman–Crippen LogP) is 6.24. The van der Waals surface area contributed by atoms with Crippen molar-refractivity contribution in [3.63, 3.8) is 0 Å². The Morgan fingerprint density at radius 2 is 1.23 bits per heavy atom. The Kier molecular flexibility index (Phi) is 12.9. The average Bonchev–Trinajstić information content (AvgIpc) is 3.00. The maximum Gasteiger partial charge on any atom is 0.407 e. The van der Waals surface area contributed by atoms with Crippen molar-refractivity contribution in [2.24, 2.45) is 5.92 Å². The number of nitrogens with one attached hydrogen (secondary N) is 1. The van der Waals surface area contributed by atoms with Crippen LogP contribution in [0.15, 0.2) is 91.0 Å². The molecule has 0 unspecified atom stereocenters. The number of amides is 1. The van der Waals surface area contributed by atoms with Crippen LogP contribution in [0.5, 0.6) is 0 Å². The summed E-state index contributed by atoms with van der Waals surface area (Å²) in [5.74, 6) is -1.81. The van der Waals surface area contributed by atoms with Crippen LogP contribution in [0.4, 0.5) is 4.79 Å². The molecule has 0 radical (unpaired) electrons. The molecule has 3 atom stereocenters. The van der Waals surface area contributed by atoms with E-state index in [1.807, 2.05) is 91.0 Å². The van der Waals surface area contributed by atoms with Crippen molar-refractivity contribution in [1.82, 2.24) is 5.32 Å².